The SMILES string of the molecule is CC(=O)c1ccc(Cl)c(C#N)c1O. The van der Waals surface area contributed by atoms with Gasteiger partial charge in [0.1, 0.15) is 17.4 Å². The number of halogens is 1. The zero-order valence-corrected chi connectivity index (χ0v) is 7.59. The number of nitrogens with zero attached hydrogens (tertiary/aromatic N) is 1. The molecule has 0 fully saturated rings. The molecule has 1 aromatic carbocycles. The Balaban J connectivity index is 3.47. The van der Waals surface area contributed by atoms with Crippen molar-refractivity contribution in [1.82, 2.24) is 0 Å². The van der Waals surface area contributed by atoms with Gasteiger partial charge in [0.15, 0.2) is 5.78 Å². The van der Waals surface area contributed by atoms with Gasteiger partial charge in [-0.05, 0) is 19.1 Å². The summed E-state index contributed by atoms with van der Waals surface area (Å²) in [6, 6.07) is 4.53. The number of hydrogen-bond acceptors (Lipinski definition) is 3. The minimum atomic E-state index is -0.345. The third-order valence-electron chi connectivity index (χ3n) is 1.62. The Bertz CT molecular complexity index is 407. The number of carbonyl (C=O) groups is 1. The molecule has 1 rings (SSSR count). The summed E-state index contributed by atoms with van der Waals surface area (Å²) in [4.78, 5) is 10.9. The molecular weight excluding hydrogens is 190 g/mol. The van der Waals surface area contributed by atoms with Crippen molar-refractivity contribution in [2.45, 2.75) is 6.92 Å². The second kappa shape index (κ2) is 3.46. The predicted molar refractivity (Wildman–Crippen MR) is 47.8 cm³/mol. The van der Waals surface area contributed by atoms with Crippen molar-refractivity contribution in [3.63, 3.8) is 0 Å². The topological polar surface area (TPSA) is 61.1 Å². The lowest BCUT2D eigenvalue weighted by Gasteiger charge is -2.02. The van der Waals surface area contributed by atoms with Crippen LogP contribution in [0.3, 0.4) is 0 Å². The molecule has 4 heteroatoms. The van der Waals surface area contributed by atoms with Gasteiger partial charge >= 0.3 is 0 Å². The molecule has 0 amide bonds. The molecule has 0 saturated carbocycles. The molecule has 3 nitrogen and oxygen atoms in total. The Morgan fingerprint density at radius 1 is 1.62 bits per heavy atom. The van der Waals surface area contributed by atoms with E-state index in [0.29, 0.717) is 0 Å². The van der Waals surface area contributed by atoms with Crippen LogP contribution in [0.2, 0.25) is 5.02 Å². The van der Waals surface area contributed by atoms with Crippen LogP contribution < -0.4 is 0 Å². The van der Waals surface area contributed by atoms with E-state index in [4.69, 9.17) is 16.9 Å². The first kappa shape index (κ1) is 9.56. The molecule has 1 aromatic rings. The summed E-state index contributed by atoms with van der Waals surface area (Å²) in [6.07, 6.45) is 0. The fourth-order valence-corrected chi connectivity index (χ4v) is 1.15. The van der Waals surface area contributed by atoms with Gasteiger partial charge in [-0.2, -0.15) is 5.26 Å². The largest absolute Gasteiger partial charge is 0.506 e. The van der Waals surface area contributed by atoms with Crippen molar-refractivity contribution in [3.05, 3.63) is 28.3 Å². The smallest absolute Gasteiger partial charge is 0.163 e. The maximum atomic E-state index is 10.9. The van der Waals surface area contributed by atoms with Gasteiger partial charge in [0.05, 0.1) is 10.6 Å². The molecule has 0 saturated heterocycles. The van der Waals surface area contributed by atoms with Crippen LogP contribution in [-0.4, -0.2) is 10.9 Å². The predicted octanol–water partition coefficient (Wildman–Crippen LogP) is 2.12. The van der Waals surface area contributed by atoms with E-state index in [-0.39, 0.29) is 27.7 Å². The number of hydrogen-bond donors (Lipinski definition) is 1. The van der Waals surface area contributed by atoms with E-state index in [1.165, 1.54) is 19.1 Å². The highest BCUT2D eigenvalue weighted by Gasteiger charge is 2.13. The Morgan fingerprint density at radius 2 is 2.23 bits per heavy atom. The lowest BCUT2D eigenvalue weighted by molar-refractivity contribution is 0.101. The average Bonchev–Trinajstić information content (AvgIpc) is 2.04. The van der Waals surface area contributed by atoms with Gasteiger partial charge in [0.2, 0.25) is 0 Å². The highest BCUT2D eigenvalue weighted by Crippen LogP contribution is 2.28. The second-order valence-electron chi connectivity index (χ2n) is 2.49. The van der Waals surface area contributed by atoms with Crippen molar-refractivity contribution in [3.8, 4) is 11.8 Å². The van der Waals surface area contributed by atoms with Gasteiger partial charge in [-0.1, -0.05) is 11.6 Å². The van der Waals surface area contributed by atoms with E-state index >= 15 is 0 Å². The molecule has 0 aromatic heterocycles. The van der Waals surface area contributed by atoms with Crippen LogP contribution in [0.15, 0.2) is 12.1 Å². The van der Waals surface area contributed by atoms with E-state index in [1.807, 2.05) is 0 Å². The molecule has 0 bridgehead atoms. The molecular formula is C9H6ClNO2. The quantitative estimate of drug-likeness (QED) is 0.699. The number of phenolic OH excluding ortho intramolecular Hbond substituents is 1. The fourth-order valence-electron chi connectivity index (χ4n) is 0.957. The van der Waals surface area contributed by atoms with Crippen molar-refractivity contribution >= 4 is 17.4 Å². The van der Waals surface area contributed by atoms with Gasteiger partial charge in [0, 0.05) is 0 Å². The number of ketones is 1. The van der Waals surface area contributed by atoms with Crippen molar-refractivity contribution in [1.29, 1.82) is 5.26 Å². The summed E-state index contributed by atoms with van der Waals surface area (Å²) in [5.74, 6) is -0.645. The molecule has 0 aliphatic heterocycles. The first-order valence-corrected chi connectivity index (χ1v) is 3.88. The molecule has 0 spiro atoms. The normalized spacial score (nSPS) is 9.31. The van der Waals surface area contributed by atoms with E-state index < -0.39 is 0 Å². The lowest BCUT2D eigenvalue weighted by atomic mass is 10.1. The maximum Gasteiger partial charge on any atom is 0.163 e. The van der Waals surface area contributed by atoms with Gasteiger partial charge < -0.3 is 5.11 Å². The molecule has 0 atom stereocenters. The van der Waals surface area contributed by atoms with E-state index in [1.54, 1.807) is 6.07 Å². The monoisotopic (exact) mass is 195 g/mol. The Labute approximate surface area is 80.2 Å². The van der Waals surface area contributed by atoms with Crippen molar-refractivity contribution < 1.29 is 9.90 Å². The molecule has 0 radical (unpaired) electrons. The standard InChI is InChI=1S/C9H6ClNO2/c1-5(12)6-2-3-8(10)7(4-11)9(6)13/h2-3,13H,1H3. The molecule has 13 heavy (non-hydrogen) atoms. The molecule has 1 N–H and O–H groups in total. The van der Waals surface area contributed by atoms with Crippen LogP contribution >= 0.6 is 11.6 Å². The van der Waals surface area contributed by atoms with Crippen LogP contribution in [0.5, 0.6) is 5.75 Å². The number of carbonyl (C=O) groups excluding carboxylic acids is 1. The van der Waals surface area contributed by atoms with Crippen LogP contribution in [0.4, 0.5) is 0 Å². The van der Waals surface area contributed by atoms with Crippen LogP contribution in [0.25, 0.3) is 0 Å². The second-order valence-corrected chi connectivity index (χ2v) is 2.89. The van der Waals surface area contributed by atoms with Crippen molar-refractivity contribution in [2.24, 2.45) is 0 Å². The number of Topliss-reactive ketones (excluding diaryl/α,β-unsaturated/α-hetero) is 1. The number of aromatic hydroxyl groups is 1. The first-order valence-electron chi connectivity index (χ1n) is 3.50. The summed E-state index contributed by atoms with van der Waals surface area (Å²) < 4.78 is 0. The van der Waals surface area contributed by atoms with Crippen LogP contribution in [0.1, 0.15) is 22.8 Å². The lowest BCUT2D eigenvalue weighted by Crippen LogP contribution is -1.94. The summed E-state index contributed by atoms with van der Waals surface area (Å²) in [7, 11) is 0. The summed E-state index contributed by atoms with van der Waals surface area (Å²) >= 11 is 5.61. The molecule has 0 aliphatic carbocycles. The third kappa shape index (κ3) is 1.63. The maximum absolute atomic E-state index is 10.9. The van der Waals surface area contributed by atoms with Gasteiger partial charge in [-0.15, -0.1) is 0 Å². The summed E-state index contributed by atoms with van der Waals surface area (Å²) in [5, 5.41) is 18.2. The molecule has 0 aliphatic rings. The van der Waals surface area contributed by atoms with Gasteiger partial charge in [0.25, 0.3) is 0 Å². The minimum absolute atomic E-state index is 0.0608. The van der Waals surface area contributed by atoms with Crippen LogP contribution in [-0.2, 0) is 0 Å². The number of phenols is 1. The van der Waals surface area contributed by atoms with Gasteiger partial charge in [-0.3, -0.25) is 4.79 Å². The Morgan fingerprint density at radius 3 is 2.69 bits per heavy atom. The first-order chi connectivity index (χ1) is 6.07. The fraction of sp³-hybridized carbons (Fsp3) is 0.111. The number of nitriles is 1. The average molecular weight is 196 g/mol. The summed E-state index contributed by atoms with van der Waals surface area (Å²) in [6.45, 7) is 1.31. The molecule has 0 unspecified atom stereocenters. The van der Waals surface area contributed by atoms with Gasteiger partial charge in [-0.25, -0.2) is 0 Å². The van der Waals surface area contributed by atoms with E-state index in [9.17, 15) is 9.90 Å². The Kier molecular flexibility index (Phi) is 2.54. The highest BCUT2D eigenvalue weighted by molar-refractivity contribution is 6.32. The van der Waals surface area contributed by atoms with E-state index in [0.717, 1.165) is 0 Å². The van der Waals surface area contributed by atoms with Crippen molar-refractivity contribution in [2.75, 3.05) is 0 Å². The number of rotatable bonds is 1. The third-order valence-corrected chi connectivity index (χ3v) is 1.93. The van der Waals surface area contributed by atoms with Crippen LogP contribution in [0, 0.1) is 11.3 Å². The highest BCUT2D eigenvalue weighted by atomic mass is 35.5. The Hall–Kier alpha value is -1.53. The minimum Gasteiger partial charge on any atom is -0.506 e. The zero-order valence-electron chi connectivity index (χ0n) is 6.84. The molecule has 66 valence electrons. The zero-order chi connectivity index (χ0) is 10.0. The number of benzene rings is 1. The summed E-state index contributed by atoms with van der Waals surface area (Å²) in [5.41, 5.74) is 0.0512. The van der Waals surface area contributed by atoms with E-state index in [2.05, 4.69) is 0 Å². The molecule has 0 heterocycles.